The highest BCUT2D eigenvalue weighted by Gasteiger charge is 1.99. The molecule has 0 aliphatic heterocycles. The molecule has 6 heteroatoms. The third kappa shape index (κ3) is 5.20. The number of aromatic nitrogens is 3. The Morgan fingerprint density at radius 1 is 1.31 bits per heavy atom. The van der Waals surface area contributed by atoms with E-state index in [2.05, 4.69) is 15.6 Å². The van der Waals surface area contributed by atoms with Gasteiger partial charge >= 0.3 is 0 Å². The second kappa shape index (κ2) is 8.20. The highest BCUT2D eigenvalue weighted by molar-refractivity contribution is 4.91. The summed E-state index contributed by atoms with van der Waals surface area (Å²) in [6.45, 7) is 3.86. The van der Waals surface area contributed by atoms with E-state index in [9.17, 15) is 0 Å². The highest BCUT2D eigenvalue weighted by atomic mass is 16.5. The van der Waals surface area contributed by atoms with Crippen LogP contribution in [-0.2, 0) is 22.6 Å². The molecule has 0 amide bonds. The van der Waals surface area contributed by atoms with Gasteiger partial charge in [-0.2, -0.15) is 0 Å². The molecule has 0 atom stereocenters. The number of aryl methyl sites for hydroxylation is 1. The van der Waals surface area contributed by atoms with Gasteiger partial charge in [0.25, 0.3) is 0 Å². The number of nitrogens with one attached hydrogen (secondary N) is 1. The van der Waals surface area contributed by atoms with E-state index in [1.54, 1.807) is 14.2 Å². The Labute approximate surface area is 95.9 Å². The van der Waals surface area contributed by atoms with Gasteiger partial charge in [0.1, 0.15) is 0 Å². The molecule has 92 valence electrons. The molecule has 1 aromatic heterocycles. The summed E-state index contributed by atoms with van der Waals surface area (Å²) in [7, 11) is 3.39. The Kier molecular flexibility index (Phi) is 6.71. The zero-order valence-electron chi connectivity index (χ0n) is 9.98. The summed E-state index contributed by atoms with van der Waals surface area (Å²) >= 11 is 0. The van der Waals surface area contributed by atoms with Gasteiger partial charge in [-0.1, -0.05) is 5.21 Å². The second-order valence-corrected chi connectivity index (χ2v) is 3.49. The topological polar surface area (TPSA) is 61.2 Å². The Morgan fingerprint density at radius 3 is 2.88 bits per heavy atom. The van der Waals surface area contributed by atoms with Crippen molar-refractivity contribution < 1.29 is 9.47 Å². The van der Waals surface area contributed by atoms with Crippen LogP contribution in [0.1, 0.15) is 12.1 Å². The molecule has 1 N–H and O–H groups in total. The summed E-state index contributed by atoms with van der Waals surface area (Å²) in [5.41, 5.74) is 0.952. The molecule has 1 heterocycles. The number of hydrogen-bond acceptors (Lipinski definition) is 5. The second-order valence-electron chi connectivity index (χ2n) is 3.49. The van der Waals surface area contributed by atoms with E-state index in [4.69, 9.17) is 9.47 Å². The molecule has 0 saturated carbocycles. The molecule has 0 spiro atoms. The molecular weight excluding hydrogens is 208 g/mol. The molecule has 6 nitrogen and oxygen atoms in total. The van der Waals surface area contributed by atoms with Gasteiger partial charge in [0.2, 0.25) is 0 Å². The molecule has 0 radical (unpaired) electrons. The minimum Gasteiger partial charge on any atom is -0.385 e. The van der Waals surface area contributed by atoms with Crippen molar-refractivity contribution in [3.05, 3.63) is 11.9 Å². The molecule has 1 aromatic rings. The van der Waals surface area contributed by atoms with Crippen LogP contribution < -0.4 is 5.32 Å². The smallest absolute Gasteiger partial charge is 0.0964 e. The van der Waals surface area contributed by atoms with Gasteiger partial charge in [0.05, 0.1) is 12.3 Å². The van der Waals surface area contributed by atoms with Crippen LogP contribution in [0.5, 0.6) is 0 Å². The molecule has 0 saturated heterocycles. The maximum atomic E-state index is 4.97. The summed E-state index contributed by atoms with van der Waals surface area (Å²) < 4.78 is 11.7. The van der Waals surface area contributed by atoms with Gasteiger partial charge in [-0.3, -0.25) is 4.68 Å². The molecule has 0 aliphatic rings. The summed E-state index contributed by atoms with van der Waals surface area (Å²) in [6, 6.07) is 0. The summed E-state index contributed by atoms with van der Waals surface area (Å²) in [5, 5.41) is 11.3. The monoisotopic (exact) mass is 228 g/mol. The molecule has 0 unspecified atom stereocenters. The summed E-state index contributed by atoms with van der Waals surface area (Å²) in [6.07, 6.45) is 2.91. The fourth-order valence-electron chi connectivity index (χ4n) is 1.29. The van der Waals surface area contributed by atoms with Crippen LogP contribution in [-0.4, -0.2) is 49.0 Å². The van der Waals surface area contributed by atoms with Gasteiger partial charge in [-0.25, -0.2) is 0 Å². The minimum absolute atomic E-state index is 0.710. The lowest BCUT2D eigenvalue weighted by atomic mass is 10.4. The molecule has 16 heavy (non-hydrogen) atoms. The fourth-order valence-corrected chi connectivity index (χ4v) is 1.29. The zero-order valence-corrected chi connectivity index (χ0v) is 9.98. The average Bonchev–Trinajstić information content (AvgIpc) is 2.73. The molecule has 0 aliphatic carbocycles. The fraction of sp³-hybridized carbons (Fsp3) is 0.800. The molecule has 1 rings (SSSR count). The van der Waals surface area contributed by atoms with E-state index in [0.29, 0.717) is 6.61 Å². The van der Waals surface area contributed by atoms with Crippen molar-refractivity contribution in [3.8, 4) is 0 Å². The Bertz CT molecular complexity index is 278. The third-order valence-electron chi connectivity index (χ3n) is 2.11. The number of rotatable bonds is 9. The maximum absolute atomic E-state index is 4.97. The molecule has 0 fully saturated rings. The van der Waals surface area contributed by atoms with E-state index in [1.165, 1.54) is 0 Å². The third-order valence-corrected chi connectivity index (χ3v) is 2.11. The number of ether oxygens (including phenoxy) is 2. The Hall–Kier alpha value is -0.980. The van der Waals surface area contributed by atoms with Crippen molar-refractivity contribution in [2.24, 2.45) is 0 Å². The van der Waals surface area contributed by atoms with Crippen LogP contribution in [0.4, 0.5) is 0 Å². The molecule has 0 bridgehead atoms. The van der Waals surface area contributed by atoms with Gasteiger partial charge in [-0.15, -0.1) is 5.10 Å². The number of methoxy groups -OCH3 is 2. The Morgan fingerprint density at radius 2 is 2.12 bits per heavy atom. The van der Waals surface area contributed by atoms with Crippen molar-refractivity contribution in [3.63, 3.8) is 0 Å². The lowest BCUT2D eigenvalue weighted by Gasteiger charge is -2.00. The van der Waals surface area contributed by atoms with Crippen LogP contribution in [0, 0.1) is 0 Å². The van der Waals surface area contributed by atoms with Crippen molar-refractivity contribution in [1.82, 2.24) is 20.3 Å². The zero-order chi connectivity index (χ0) is 11.6. The molecule has 0 aromatic carbocycles. The van der Waals surface area contributed by atoms with Gasteiger partial charge in [0, 0.05) is 46.7 Å². The Balaban J connectivity index is 2.17. The standard InChI is InChI=1S/C10H20N4O2/c1-15-6-3-5-14-9-10(12-13-14)8-11-4-7-16-2/h9,11H,3-8H2,1-2H3. The van der Waals surface area contributed by atoms with Crippen molar-refractivity contribution in [1.29, 1.82) is 0 Å². The first-order chi connectivity index (χ1) is 7.86. The minimum atomic E-state index is 0.710. The van der Waals surface area contributed by atoms with E-state index in [-0.39, 0.29) is 0 Å². The van der Waals surface area contributed by atoms with Crippen LogP contribution in [0.25, 0.3) is 0 Å². The lowest BCUT2D eigenvalue weighted by molar-refractivity contribution is 0.188. The highest BCUT2D eigenvalue weighted by Crippen LogP contribution is 1.94. The van der Waals surface area contributed by atoms with Gasteiger partial charge < -0.3 is 14.8 Å². The summed E-state index contributed by atoms with van der Waals surface area (Å²) in [5.74, 6) is 0. The first-order valence-corrected chi connectivity index (χ1v) is 5.44. The van der Waals surface area contributed by atoms with E-state index < -0.39 is 0 Å². The first kappa shape index (κ1) is 13.1. The van der Waals surface area contributed by atoms with Gasteiger partial charge in [0.15, 0.2) is 0 Å². The van der Waals surface area contributed by atoms with Crippen molar-refractivity contribution >= 4 is 0 Å². The quantitative estimate of drug-likeness (QED) is 0.605. The van der Waals surface area contributed by atoms with Crippen molar-refractivity contribution in [2.45, 2.75) is 19.5 Å². The SMILES string of the molecule is COCCCn1cc(CNCCOC)nn1. The van der Waals surface area contributed by atoms with Crippen LogP contribution >= 0.6 is 0 Å². The van der Waals surface area contributed by atoms with Crippen molar-refractivity contribution in [2.75, 3.05) is 34.0 Å². The average molecular weight is 228 g/mol. The first-order valence-electron chi connectivity index (χ1n) is 5.44. The summed E-state index contributed by atoms with van der Waals surface area (Å²) in [4.78, 5) is 0. The predicted molar refractivity (Wildman–Crippen MR) is 60.1 cm³/mol. The lowest BCUT2D eigenvalue weighted by Crippen LogP contribution is -2.18. The van der Waals surface area contributed by atoms with E-state index in [1.807, 2.05) is 10.9 Å². The largest absolute Gasteiger partial charge is 0.385 e. The number of hydrogen-bond donors (Lipinski definition) is 1. The normalized spacial score (nSPS) is 10.9. The van der Waals surface area contributed by atoms with Crippen LogP contribution in [0.2, 0.25) is 0 Å². The maximum Gasteiger partial charge on any atom is 0.0964 e. The van der Waals surface area contributed by atoms with E-state index >= 15 is 0 Å². The van der Waals surface area contributed by atoms with Crippen LogP contribution in [0.15, 0.2) is 6.20 Å². The van der Waals surface area contributed by atoms with Gasteiger partial charge in [-0.05, 0) is 6.42 Å². The molecular formula is C10H20N4O2. The predicted octanol–water partition coefficient (Wildman–Crippen LogP) is 0.0506. The van der Waals surface area contributed by atoms with E-state index in [0.717, 1.165) is 38.4 Å². The van der Waals surface area contributed by atoms with Crippen LogP contribution in [0.3, 0.4) is 0 Å². The number of nitrogens with zero attached hydrogens (tertiary/aromatic N) is 3.